The second-order valence-corrected chi connectivity index (χ2v) is 14.2. The van der Waals surface area contributed by atoms with Gasteiger partial charge in [0.25, 0.3) is 23.6 Å². The molecule has 3 heterocycles. The fourth-order valence-corrected chi connectivity index (χ4v) is 7.04. The average molecular weight is 827 g/mol. The maximum absolute atomic E-state index is 13.2. The summed E-state index contributed by atoms with van der Waals surface area (Å²) in [5.41, 5.74) is 10.2. The van der Waals surface area contributed by atoms with Gasteiger partial charge in [0.2, 0.25) is 11.8 Å². The summed E-state index contributed by atoms with van der Waals surface area (Å²) in [6.45, 7) is 1.09. The molecule has 61 heavy (non-hydrogen) atoms. The average Bonchev–Trinajstić information content (AvgIpc) is 3.52. The van der Waals surface area contributed by atoms with E-state index in [1.807, 2.05) is 60.7 Å². The first kappa shape index (κ1) is 41.8. The van der Waals surface area contributed by atoms with Gasteiger partial charge in [0.15, 0.2) is 5.78 Å². The predicted molar refractivity (Wildman–Crippen MR) is 222 cm³/mol. The summed E-state index contributed by atoms with van der Waals surface area (Å²) >= 11 is 0. The number of piperidine rings is 1. The lowest BCUT2D eigenvalue weighted by Crippen LogP contribution is -2.54. The molecule has 5 N–H and O–H groups in total. The molecule has 4 aromatic carbocycles. The number of nitrogens with zero attached hydrogens (tertiary/aromatic N) is 2. The molecule has 0 radical (unpaired) electrons. The van der Waals surface area contributed by atoms with Gasteiger partial charge in [-0.1, -0.05) is 42.5 Å². The molecule has 2 aliphatic rings. The van der Waals surface area contributed by atoms with Crippen molar-refractivity contribution in [2.75, 3.05) is 44.9 Å². The number of rotatable bonds is 19. The minimum absolute atomic E-state index is 0.00477. The summed E-state index contributed by atoms with van der Waals surface area (Å²) in [5.74, 6) is -3.58. The summed E-state index contributed by atoms with van der Waals surface area (Å²) in [4.78, 5) is 93.0. The van der Waals surface area contributed by atoms with Crippen LogP contribution in [0.1, 0.15) is 67.1 Å². The van der Waals surface area contributed by atoms with Gasteiger partial charge in [-0.2, -0.15) is 0 Å². The SMILES string of the molecule is NC(=O)c1cnc2ccc(-c3ccc(C(=O)NCCOCCOCCCC(=O)COc4cccc5c4C(=O)N(C4CCC(=O)NC4=O)C5=O)cc3)cc2c1Nc1ccccc1. The zero-order valence-corrected chi connectivity index (χ0v) is 32.9. The number of pyridine rings is 1. The molecule has 1 atom stereocenters. The Kier molecular flexibility index (Phi) is 13.2. The van der Waals surface area contributed by atoms with Crippen LogP contribution in [0.3, 0.4) is 0 Å². The number of anilines is 2. The Morgan fingerprint density at radius 3 is 2.34 bits per heavy atom. The number of imide groups is 2. The third-order valence-corrected chi connectivity index (χ3v) is 10.1. The summed E-state index contributed by atoms with van der Waals surface area (Å²) in [6, 6.07) is 25.7. The van der Waals surface area contributed by atoms with Crippen molar-refractivity contribution < 1.29 is 47.8 Å². The molecule has 5 aromatic rings. The van der Waals surface area contributed by atoms with Crippen LogP contribution in [0.15, 0.2) is 97.2 Å². The van der Waals surface area contributed by atoms with Crippen molar-refractivity contribution in [2.45, 2.75) is 31.7 Å². The lowest BCUT2D eigenvalue weighted by atomic mass is 10.00. The lowest BCUT2D eigenvalue weighted by molar-refractivity contribution is -0.136. The highest BCUT2D eigenvalue weighted by atomic mass is 16.5. The maximum Gasteiger partial charge on any atom is 0.266 e. The number of primary amides is 1. The Morgan fingerprint density at radius 1 is 0.836 bits per heavy atom. The van der Waals surface area contributed by atoms with Gasteiger partial charge in [0, 0.05) is 48.8 Å². The Labute approximate surface area is 349 Å². The topological polar surface area (TPSA) is 225 Å². The molecule has 16 nitrogen and oxygen atoms in total. The number of carbonyl (C=O) groups excluding carboxylic acids is 7. The van der Waals surface area contributed by atoms with Crippen LogP contribution in [0.2, 0.25) is 0 Å². The largest absolute Gasteiger partial charge is 0.485 e. The molecule has 6 amide bonds. The first-order valence-corrected chi connectivity index (χ1v) is 19.7. The van der Waals surface area contributed by atoms with Crippen molar-refractivity contribution >= 4 is 63.5 Å². The quantitative estimate of drug-likeness (QED) is 0.0674. The first-order chi connectivity index (χ1) is 29.6. The number of nitrogens with one attached hydrogen (secondary N) is 3. The Bertz CT molecular complexity index is 2510. The second kappa shape index (κ2) is 19.2. The minimum atomic E-state index is -1.11. The van der Waals surface area contributed by atoms with Crippen LogP contribution in [-0.4, -0.2) is 96.7 Å². The number of Topliss-reactive ketones (excluding diaryl/α,β-unsaturated/α-hetero) is 1. The van der Waals surface area contributed by atoms with Crippen molar-refractivity contribution in [1.82, 2.24) is 20.5 Å². The predicted octanol–water partition coefficient (Wildman–Crippen LogP) is 4.34. The van der Waals surface area contributed by atoms with Gasteiger partial charge in [0.1, 0.15) is 18.4 Å². The van der Waals surface area contributed by atoms with Gasteiger partial charge in [-0.3, -0.25) is 48.8 Å². The molecular formula is C45H42N6O10. The maximum atomic E-state index is 13.2. The van der Waals surface area contributed by atoms with Gasteiger partial charge < -0.3 is 30.6 Å². The third kappa shape index (κ3) is 9.78. The standard InChI is InChI=1S/C45H42N6O10/c46-41(54)34-25-48-35-16-15-29(24-33(35)40(34)49-30-6-2-1-3-7-30)27-11-13-28(14-12-27)42(55)47-19-21-60-23-22-59-20-5-8-31(52)26-61-37-10-4-9-32-39(37)45(58)51(44(32)57)36-17-18-38(53)50-43(36)56/h1-4,6-7,9-16,24-25,36H,5,8,17-23,26H2,(H2,46,54)(H,47,55)(H,48,49)(H,50,53,56). The number of ether oxygens (including phenoxy) is 3. The monoisotopic (exact) mass is 826 g/mol. The van der Waals surface area contributed by atoms with Gasteiger partial charge in [-0.15, -0.1) is 0 Å². The number of para-hydroxylation sites is 1. The number of carbonyl (C=O) groups is 7. The van der Waals surface area contributed by atoms with Gasteiger partial charge in [-0.25, -0.2) is 0 Å². The summed E-state index contributed by atoms with van der Waals surface area (Å²) in [7, 11) is 0. The van der Waals surface area contributed by atoms with Crippen LogP contribution < -0.4 is 26.4 Å². The number of hydrogen-bond acceptors (Lipinski definition) is 12. The van der Waals surface area contributed by atoms with Crippen LogP contribution in [0.25, 0.3) is 22.0 Å². The lowest BCUT2D eigenvalue weighted by Gasteiger charge is -2.27. The molecule has 0 saturated carbocycles. The summed E-state index contributed by atoms with van der Waals surface area (Å²) in [5, 5.41) is 9.03. The van der Waals surface area contributed by atoms with Crippen molar-refractivity contribution in [3.63, 3.8) is 0 Å². The molecule has 16 heteroatoms. The van der Waals surface area contributed by atoms with Crippen molar-refractivity contribution in [3.8, 4) is 16.9 Å². The van der Waals surface area contributed by atoms with E-state index in [1.54, 1.807) is 12.1 Å². The minimum Gasteiger partial charge on any atom is -0.485 e. The Balaban J connectivity index is 0.790. The fraction of sp³-hybridized carbons (Fsp3) is 0.244. The number of benzene rings is 4. The van der Waals surface area contributed by atoms with Crippen LogP contribution >= 0.6 is 0 Å². The number of nitrogens with two attached hydrogens (primary N) is 1. The number of fused-ring (bicyclic) bond motifs is 2. The molecule has 1 fully saturated rings. The van der Waals surface area contributed by atoms with Gasteiger partial charge >= 0.3 is 0 Å². The second-order valence-electron chi connectivity index (χ2n) is 14.2. The van der Waals surface area contributed by atoms with Crippen molar-refractivity contribution in [3.05, 3.63) is 119 Å². The van der Waals surface area contributed by atoms with E-state index in [1.165, 1.54) is 24.4 Å². The molecular weight excluding hydrogens is 785 g/mol. The molecule has 1 saturated heterocycles. The van der Waals surface area contributed by atoms with Crippen LogP contribution in [0.4, 0.5) is 11.4 Å². The molecule has 7 rings (SSSR count). The Morgan fingerprint density at radius 2 is 1.59 bits per heavy atom. The highest BCUT2D eigenvalue weighted by Gasteiger charge is 2.46. The zero-order chi connectivity index (χ0) is 42.9. The van der Waals surface area contributed by atoms with E-state index in [4.69, 9.17) is 19.9 Å². The molecule has 1 unspecified atom stereocenters. The normalized spacial score (nSPS) is 14.8. The molecule has 2 aliphatic heterocycles. The molecule has 0 spiro atoms. The van der Waals surface area contributed by atoms with Crippen molar-refractivity contribution in [1.29, 1.82) is 0 Å². The van der Waals surface area contributed by atoms with Crippen LogP contribution in [-0.2, 0) is 23.9 Å². The van der Waals surface area contributed by atoms with E-state index < -0.39 is 35.6 Å². The highest BCUT2D eigenvalue weighted by Crippen LogP contribution is 2.35. The van der Waals surface area contributed by atoms with E-state index in [-0.39, 0.29) is 86.4 Å². The first-order valence-electron chi connectivity index (χ1n) is 19.7. The van der Waals surface area contributed by atoms with E-state index >= 15 is 0 Å². The molecule has 1 aromatic heterocycles. The molecule has 0 bridgehead atoms. The van der Waals surface area contributed by atoms with Gasteiger partial charge in [-0.05, 0) is 72.5 Å². The van der Waals surface area contributed by atoms with Gasteiger partial charge in [0.05, 0.1) is 47.7 Å². The highest BCUT2D eigenvalue weighted by molar-refractivity contribution is 6.24. The Hall–Kier alpha value is -7.30. The van der Waals surface area contributed by atoms with E-state index in [9.17, 15) is 33.6 Å². The van der Waals surface area contributed by atoms with Crippen LogP contribution in [0.5, 0.6) is 5.75 Å². The van der Waals surface area contributed by atoms with E-state index in [2.05, 4.69) is 20.9 Å². The van der Waals surface area contributed by atoms with Crippen LogP contribution in [0, 0.1) is 0 Å². The number of amides is 6. The third-order valence-electron chi connectivity index (χ3n) is 10.1. The zero-order valence-electron chi connectivity index (χ0n) is 32.9. The smallest absolute Gasteiger partial charge is 0.266 e. The molecule has 312 valence electrons. The fourth-order valence-electron chi connectivity index (χ4n) is 7.04. The molecule has 0 aliphatic carbocycles. The van der Waals surface area contributed by atoms with E-state index in [0.29, 0.717) is 29.8 Å². The van der Waals surface area contributed by atoms with Crippen molar-refractivity contribution in [2.24, 2.45) is 5.73 Å². The van der Waals surface area contributed by atoms with E-state index in [0.717, 1.165) is 27.1 Å². The number of hydrogen-bond donors (Lipinski definition) is 4. The summed E-state index contributed by atoms with van der Waals surface area (Å²) in [6.07, 6.45) is 2.08. The number of ketones is 1. The number of aromatic nitrogens is 1. The summed E-state index contributed by atoms with van der Waals surface area (Å²) < 4.78 is 16.8.